The van der Waals surface area contributed by atoms with Gasteiger partial charge in [0.2, 0.25) is 0 Å². The van der Waals surface area contributed by atoms with E-state index in [9.17, 15) is 13.6 Å². The number of fused-ring (bicyclic) bond motifs is 1. The maximum absolute atomic E-state index is 14.3. The van der Waals surface area contributed by atoms with Crippen molar-refractivity contribution in [2.75, 3.05) is 18.8 Å². The van der Waals surface area contributed by atoms with E-state index in [1.165, 1.54) is 30.1 Å². The van der Waals surface area contributed by atoms with Gasteiger partial charge in [-0.15, -0.1) is 5.48 Å². The molecule has 2 atom stereocenters. The summed E-state index contributed by atoms with van der Waals surface area (Å²) in [6.07, 6.45) is 0.271. The number of hydrogen-bond acceptors (Lipinski definition) is 5. The smallest absolute Gasteiger partial charge is 0.318 e. The molecule has 2 heterocycles. The molecule has 2 aromatic rings. The summed E-state index contributed by atoms with van der Waals surface area (Å²) in [6.45, 7) is 9.50. The number of likely N-dealkylation sites (tertiary alicyclic amines) is 1. The van der Waals surface area contributed by atoms with Gasteiger partial charge in [0.15, 0.2) is 5.75 Å². The molecule has 2 aliphatic rings. The van der Waals surface area contributed by atoms with Gasteiger partial charge in [-0.25, -0.2) is 13.6 Å². The summed E-state index contributed by atoms with van der Waals surface area (Å²) in [4.78, 5) is 19.7. The number of nitrogens with zero attached hydrogens (tertiary/aromatic N) is 1. The molecule has 0 radical (unpaired) electrons. The first-order valence-electron chi connectivity index (χ1n) is 10.8. The molecule has 32 heavy (non-hydrogen) atoms. The van der Waals surface area contributed by atoms with Crippen molar-refractivity contribution >= 4 is 18.0 Å². The Labute approximate surface area is 193 Å². The van der Waals surface area contributed by atoms with Crippen LogP contribution in [0.25, 0.3) is 11.1 Å². The minimum absolute atomic E-state index is 0.134. The Morgan fingerprint density at radius 3 is 2.44 bits per heavy atom. The van der Waals surface area contributed by atoms with Gasteiger partial charge in [0.1, 0.15) is 17.8 Å². The van der Waals surface area contributed by atoms with Crippen molar-refractivity contribution < 1.29 is 18.4 Å². The third kappa shape index (κ3) is 6.11. The number of halogens is 2. The lowest BCUT2D eigenvalue weighted by Crippen LogP contribution is -2.43. The molecule has 0 spiro atoms. The number of hydroxylamine groups is 1. The molecule has 0 aromatic heterocycles. The Morgan fingerprint density at radius 2 is 1.88 bits per heavy atom. The van der Waals surface area contributed by atoms with E-state index in [1.54, 1.807) is 23.1 Å². The molecule has 0 bridgehead atoms. The first-order valence-corrected chi connectivity index (χ1v) is 11.9. The Morgan fingerprint density at radius 1 is 1.25 bits per heavy atom. The largest absolute Gasteiger partial charge is 0.406 e. The first-order chi connectivity index (χ1) is 15.5. The summed E-state index contributed by atoms with van der Waals surface area (Å²) in [5.74, 6) is 0.585. The zero-order valence-electron chi connectivity index (χ0n) is 19.0. The van der Waals surface area contributed by atoms with Gasteiger partial charge >= 0.3 is 6.03 Å². The fourth-order valence-electron chi connectivity index (χ4n) is 3.52. The highest BCUT2D eigenvalue weighted by atomic mass is 32.2. The Balaban J connectivity index is 0.000000547. The van der Waals surface area contributed by atoms with Crippen LogP contribution in [0.15, 0.2) is 36.4 Å². The maximum atomic E-state index is 14.3. The van der Waals surface area contributed by atoms with Crippen LogP contribution in [-0.2, 0) is 0 Å². The van der Waals surface area contributed by atoms with Gasteiger partial charge in [-0.2, -0.15) is 0 Å². The van der Waals surface area contributed by atoms with Gasteiger partial charge in [0.05, 0.1) is 5.56 Å². The molecule has 1 unspecified atom stereocenters. The van der Waals surface area contributed by atoms with E-state index >= 15 is 0 Å². The van der Waals surface area contributed by atoms with E-state index in [1.807, 2.05) is 20.8 Å². The van der Waals surface area contributed by atoms with E-state index < -0.39 is 17.8 Å². The average molecular weight is 467 g/mol. The molecule has 0 saturated carbocycles. The maximum Gasteiger partial charge on any atom is 0.318 e. The van der Waals surface area contributed by atoms with Crippen LogP contribution >= 0.6 is 11.9 Å². The predicted molar refractivity (Wildman–Crippen MR) is 126 cm³/mol. The zero-order chi connectivity index (χ0) is 23.7. The van der Waals surface area contributed by atoms with Crippen LogP contribution in [0.2, 0.25) is 0 Å². The summed E-state index contributed by atoms with van der Waals surface area (Å²) >= 11 is 1.36. The molecular formula is C23H32F2N4O2S. The topological polar surface area (TPSA) is 79.6 Å². The van der Waals surface area contributed by atoms with Crippen LogP contribution < -0.4 is 20.8 Å². The second-order valence-corrected chi connectivity index (χ2v) is 8.12. The second kappa shape index (κ2) is 12.6. The van der Waals surface area contributed by atoms with Gasteiger partial charge in [0, 0.05) is 24.4 Å². The number of rotatable bonds is 3. The van der Waals surface area contributed by atoms with Gasteiger partial charge in [0.25, 0.3) is 0 Å². The van der Waals surface area contributed by atoms with E-state index in [0.29, 0.717) is 35.9 Å². The van der Waals surface area contributed by atoms with Crippen LogP contribution in [0, 0.1) is 17.6 Å². The lowest BCUT2D eigenvalue weighted by molar-refractivity contribution is 0.162. The predicted octanol–water partition coefficient (Wildman–Crippen LogP) is 5.22. The Kier molecular flexibility index (Phi) is 10.2. The highest BCUT2D eigenvalue weighted by Gasteiger charge is 2.33. The number of hydrogen-bond donors (Lipinski definition) is 3. The molecule has 176 valence electrons. The van der Waals surface area contributed by atoms with Crippen molar-refractivity contribution in [3.8, 4) is 16.9 Å². The molecule has 2 aliphatic heterocycles. The van der Waals surface area contributed by atoms with Gasteiger partial charge in [-0.1, -0.05) is 57.8 Å². The molecule has 6 nitrogen and oxygen atoms in total. The zero-order valence-corrected chi connectivity index (χ0v) is 19.8. The van der Waals surface area contributed by atoms with Crippen molar-refractivity contribution in [1.82, 2.24) is 15.7 Å². The summed E-state index contributed by atoms with van der Waals surface area (Å²) in [6, 6.07) is 8.48. The molecule has 0 aliphatic carbocycles. The van der Waals surface area contributed by atoms with E-state index in [-0.39, 0.29) is 11.6 Å². The summed E-state index contributed by atoms with van der Waals surface area (Å²) in [5.41, 5.74) is 3.46. The third-order valence-electron chi connectivity index (χ3n) is 5.02. The van der Waals surface area contributed by atoms with Crippen LogP contribution in [0.5, 0.6) is 5.75 Å². The van der Waals surface area contributed by atoms with Crippen LogP contribution in [0.1, 0.15) is 45.8 Å². The summed E-state index contributed by atoms with van der Waals surface area (Å²) < 4.78 is 28.6. The monoisotopic (exact) mass is 466 g/mol. The van der Waals surface area contributed by atoms with E-state index in [4.69, 9.17) is 9.98 Å². The fraction of sp³-hybridized carbons (Fsp3) is 0.435. The quantitative estimate of drug-likeness (QED) is 0.541. The Hall–Kier alpha value is -2.36. The van der Waals surface area contributed by atoms with Crippen LogP contribution in [0.3, 0.4) is 0 Å². The molecule has 1 saturated heterocycles. The van der Waals surface area contributed by atoms with Gasteiger partial charge in [-0.3, -0.25) is 5.14 Å². The number of amides is 2. The molecule has 9 heteroatoms. The SMILES string of the molecule is CC.CCSN.C[C@H]1CCN(C(=O)NC2NOc3cccc(-c4c(F)cccc4F)c32)C1. The van der Waals surface area contributed by atoms with E-state index in [0.717, 1.165) is 12.2 Å². The van der Waals surface area contributed by atoms with Gasteiger partial charge in [-0.05, 0) is 36.1 Å². The highest BCUT2D eigenvalue weighted by Crippen LogP contribution is 2.39. The average Bonchev–Trinajstić information content (AvgIpc) is 3.42. The molecule has 2 amide bonds. The first kappa shape index (κ1) is 25.9. The second-order valence-electron chi connectivity index (χ2n) is 7.21. The molecule has 4 rings (SSSR count). The minimum Gasteiger partial charge on any atom is -0.406 e. The number of carbonyl (C=O) groups is 1. The number of nitrogens with two attached hydrogens (primary N) is 1. The van der Waals surface area contributed by atoms with E-state index in [2.05, 4.69) is 17.7 Å². The summed E-state index contributed by atoms with van der Waals surface area (Å²) in [5, 5.41) is 7.80. The van der Waals surface area contributed by atoms with Crippen molar-refractivity contribution in [3.63, 3.8) is 0 Å². The van der Waals surface area contributed by atoms with Gasteiger partial charge < -0.3 is 15.1 Å². The third-order valence-corrected chi connectivity index (χ3v) is 5.35. The molecule has 4 N–H and O–H groups in total. The highest BCUT2D eigenvalue weighted by molar-refractivity contribution is 7.97. The number of urea groups is 1. The number of benzene rings is 2. The molecule has 1 fully saturated rings. The van der Waals surface area contributed by atoms with Crippen molar-refractivity contribution in [3.05, 3.63) is 53.6 Å². The fourth-order valence-corrected chi connectivity index (χ4v) is 3.52. The van der Waals surface area contributed by atoms with Crippen LogP contribution in [-0.4, -0.2) is 29.8 Å². The Bertz CT molecular complexity index is 878. The van der Waals surface area contributed by atoms with Crippen molar-refractivity contribution in [2.24, 2.45) is 11.1 Å². The lowest BCUT2D eigenvalue weighted by Gasteiger charge is -2.21. The minimum atomic E-state index is -0.691. The van der Waals surface area contributed by atoms with Crippen LogP contribution in [0.4, 0.5) is 13.6 Å². The number of nitrogens with one attached hydrogen (secondary N) is 2. The standard InChI is InChI=1S/C19H19F2N3O2.C2H7NS.C2H6/c1-11-8-9-24(10-11)19(25)22-18-17-12(4-2-7-15(17)26-23-18)16-13(20)5-3-6-14(16)21;1-2-4-3;1-2/h2-7,11,18,23H,8-10H2,1H3,(H,22,25);2-3H2,1H3;1-2H3/t11-,18?;;/m0../s1. The van der Waals surface area contributed by atoms with Crippen molar-refractivity contribution in [2.45, 2.75) is 40.3 Å². The summed E-state index contributed by atoms with van der Waals surface area (Å²) in [7, 11) is 0. The molecular weight excluding hydrogens is 434 g/mol. The normalized spacial score (nSPS) is 18.5. The number of carbonyl (C=O) groups excluding carboxylic acids is 1. The lowest BCUT2D eigenvalue weighted by atomic mass is 9.96. The molecule has 2 aromatic carbocycles. The van der Waals surface area contributed by atoms with Crippen molar-refractivity contribution in [1.29, 1.82) is 0 Å².